The Hall–Kier alpha value is -2.87. The van der Waals surface area contributed by atoms with Crippen molar-refractivity contribution in [1.29, 1.82) is 0 Å². The third-order valence-electron chi connectivity index (χ3n) is 4.39. The van der Waals surface area contributed by atoms with Crippen molar-refractivity contribution in [2.24, 2.45) is 0 Å². The number of esters is 1. The van der Waals surface area contributed by atoms with Crippen LogP contribution in [0, 0.1) is 6.92 Å². The molecule has 0 heterocycles. The van der Waals surface area contributed by atoms with E-state index in [-0.39, 0.29) is 16.8 Å². The summed E-state index contributed by atoms with van der Waals surface area (Å²) in [6.45, 7) is 2.30. The molecule has 0 spiro atoms. The standard InChI is InChI=1S/C21H26N2O5S/c1-16-8-5-6-9-19(16)23-29(26,27)18-13-11-17(12-14-18)21(25)22-15-7-3-4-10-20(24)28-2/h5-6,8-9,11-14,23H,3-4,7,10,15H2,1-2H3,(H,22,25). The van der Waals surface area contributed by atoms with E-state index in [1.807, 2.05) is 19.1 Å². The zero-order valence-corrected chi connectivity index (χ0v) is 17.4. The fourth-order valence-corrected chi connectivity index (χ4v) is 3.78. The van der Waals surface area contributed by atoms with Crippen molar-refractivity contribution < 1.29 is 22.7 Å². The first kappa shape index (κ1) is 22.4. The molecule has 2 N–H and O–H groups in total. The Labute approximate surface area is 171 Å². The third kappa shape index (κ3) is 6.90. The summed E-state index contributed by atoms with van der Waals surface area (Å²) in [4.78, 5) is 23.3. The predicted octanol–water partition coefficient (Wildman–Crippen LogP) is 3.26. The van der Waals surface area contributed by atoms with Gasteiger partial charge in [-0.15, -0.1) is 0 Å². The van der Waals surface area contributed by atoms with Gasteiger partial charge in [0.1, 0.15) is 0 Å². The highest BCUT2D eigenvalue weighted by Crippen LogP contribution is 2.19. The minimum atomic E-state index is -3.73. The SMILES string of the molecule is COC(=O)CCCCCNC(=O)c1ccc(S(=O)(=O)Nc2ccccc2C)cc1. The fourth-order valence-electron chi connectivity index (χ4n) is 2.65. The van der Waals surface area contributed by atoms with Gasteiger partial charge in [0.15, 0.2) is 0 Å². The molecule has 0 saturated heterocycles. The van der Waals surface area contributed by atoms with Crippen molar-refractivity contribution in [1.82, 2.24) is 5.32 Å². The van der Waals surface area contributed by atoms with E-state index in [1.165, 1.54) is 31.4 Å². The summed E-state index contributed by atoms with van der Waals surface area (Å²) in [6, 6.07) is 12.9. The number of hydrogen-bond acceptors (Lipinski definition) is 5. The van der Waals surface area contributed by atoms with Crippen molar-refractivity contribution >= 4 is 27.6 Å². The van der Waals surface area contributed by atoms with Crippen LogP contribution in [0.1, 0.15) is 41.6 Å². The van der Waals surface area contributed by atoms with Gasteiger partial charge in [-0.05, 0) is 55.7 Å². The molecule has 0 aromatic heterocycles. The fraction of sp³-hybridized carbons (Fsp3) is 0.333. The summed E-state index contributed by atoms with van der Waals surface area (Å²) < 4.78 is 32.2. The largest absolute Gasteiger partial charge is 0.469 e. The average Bonchev–Trinajstić information content (AvgIpc) is 2.71. The summed E-state index contributed by atoms with van der Waals surface area (Å²) in [5.74, 6) is -0.505. The Bertz CT molecular complexity index is 940. The molecule has 0 bridgehead atoms. The quantitative estimate of drug-likeness (QED) is 0.455. The zero-order valence-electron chi connectivity index (χ0n) is 16.6. The molecule has 8 heteroatoms. The molecule has 0 atom stereocenters. The average molecular weight is 419 g/mol. The van der Waals surface area contributed by atoms with Gasteiger partial charge < -0.3 is 10.1 Å². The number of amides is 1. The molecule has 156 valence electrons. The van der Waals surface area contributed by atoms with Crippen molar-refractivity contribution in [3.05, 3.63) is 59.7 Å². The Morgan fingerprint density at radius 3 is 2.31 bits per heavy atom. The number of carbonyl (C=O) groups excluding carboxylic acids is 2. The van der Waals surface area contributed by atoms with Crippen molar-refractivity contribution in [3.63, 3.8) is 0 Å². The first-order valence-electron chi connectivity index (χ1n) is 9.37. The molecule has 0 radical (unpaired) electrons. The highest BCUT2D eigenvalue weighted by Gasteiger charge is 2.16. The van der Waals surface area contributed by atoms with E-state index in [0.29, 0.717) is 30.6 Å². The van der Waals surface area contributed by atoms with Crippen molar-refractivity contribution in [2.75, 3.05) is 18.4 Å². The summed E-state index contributed by atoms with van der Waals surface area (Å²) in [5, 5.41) is 2.79. The van der Waals surface area contributed by atoms with Crippen LogP contribution in [0.4, 0.5) is 5.69 Å². The number of methoxy groups -OCH3 is 1. The van der Waals surface area contributed by atoms with Gasteiger partial charge in [0.05, 0.1) is 17.7 Å². The molecule has 0 aliphatic heterocycles. The van der Waals surface area contributed by atoms with Crippen LogP contribution >= 0.6 is 0 Å². The number of unbranched alkanes of at least 4 members (excludes halogenated alkanes) is 2. The zero-order chi connectivity index (χ0) is 21.3. The lowest BCUT2D eigenvalue weighted by atomic mass is 10.2. The van der Waals surface area contributed by atoms with Crippen LogP contribution < -0.4 is 10.0 Å². The summed E-state index contributed by atoms with van der Waals surface area (Å²) in [5.41, 5.74) is 1.72. The van der Waals surface area contributed by atoms with Crippen LogP contribution in [0.3, 0.4) is 0 Å². The molecule has 0 unspecified atom stereocenters. The molecule has 0 saturated carbocycles. The second-order valence-corrected chi connectivity index (χ2v) is 8.27. The van der Waals surface area contributed by atoms with Gasteiger partial charge in [-0.1, -0.05) is 24.6 Å². The number of carbonyl (C=O) groups is 2. The van der Waals surface area contributed by atoms with Gasteiger partial charge in [-0.2, -0.15) is 0 Å². The van der Waals surface area contributed by atoms with Gasteiger partial charge in [0.25, 0.3) is 15.9 Å². The van der Waals surface area contributed by atoms with E-state index >= 15 is 0 Å². The Balaban J connectivity index is 1.86. The topological polar surface area (TPSA) is 102 Å². The van der Waals surface area contributed by atoms with E-state index in [4.69, 9.17) is 0 Å². The molecule has 29 heavy (non-hydrogen) atoms. The second-order valence-electron chi connectivity index (χ2n) is 6.59. The molecular weight excluding hydrogens is 392 g/mol. The minimum absolute atomic E-state index is 0.0834. The van der Waals surface area contributed by atoms with Gasteiger partial charge in [0.2, 0.25) is 0 Å². The number of nitrogens with one attached hydrogen (secondary N) is 2. The van der Waals surface area contributed by atoms with Crippen LogP contribution in [0.5, 0.6) is 0 Å². The molecule has 0 fully saturated rings. The normalized spacial score (nSPS) is 11.0. The maximum absolute atomic E-state index is 12.5. The Morgan fingerprint density at radius 2 is 1.66 bits per heavy atom. The molecule has 0 aliphatic rings. The first-order chi connectivity index (χ1) is 13.8. The molecule has 2 aromatic carbocycles. The van der Waals surface area contributed by atoms with Crippen LogP contribution in [0.2, 0.25) is 0 Å². The van der Waals surface area contributed by atoms with Gasteiger partial charge in [0, 0.05) is 18.5 Å². The maximum atomic E-state index is 12.5. The number of sulfonamides is 1. The van der Waals surface area contributed by atoms with E-state index < -0.39 is 10.0 Å². The minimum Gasteiger partial charge on any atom is -0.469 e. The number of anilines is 1. The van der Waals surface area contributed by atoms with Gasteiger partial charge in [-0.3, -0.25) is 14.3 Å². The molecular formula is C21H26N2O5S. The van der Waals surface area contributed by atoms with Crippen LogP contribution in [0.15, 0.2) is 53.4 Å². The second kappa shape index (κ2) is 10.6. The molecule has 7 nitrogen and oxygen atoms in total. The summed E-state index contributed by atoms with van der Waals surface area (Å²) in [6.07, 6.45) is 2.63. The maximum Gasteiger partial charge on any atom is 0.305 e. The predicted molar refractivity (Wildman–Crippen MR) is 111 cm³/mol. The first-order valence-corrected chi connectivity index (χ1v) is 10.9. The Kier molecular flexibility index (Phi) is 8.21. The van der Waals surface area contributed by atoms with Crippen molar-refractivity contribution in [2.45, 2.75) is 37.5 Å². The molecule has 1 amide bonds. The number of aryl methyl sites for hydroxylation is 1. The Morgan fingerprint density at radius 1 is 0.966 bits per heavy atom. The lowest BCUT2D eigenvalue weighted by molar-refractivity contribution is -0.140. The molecule has 0 aliphatic carbocycles. The number of benzene rings is 2. The summed E-state index contributed by atoms with van der Waals surface area (Å²) >= 11 is 0. The lowest BCUT2D eigenvalue weighted by Crippen LogP contribution is -2.24. The number of hydrogen-bond donors (Lipinski definition) is 2. The monoisotopic (exact) mass is 418 g/mol. The van der Waals surface area contributed by atoms with Crippen LogP contribution in [0.25, 0.3) is 0 Å². The highest BCUT2D eigenvalue weighted by molar-refractivity contribution is 7.92. The molecule has 2 rings (SSSR count). The van der Waals surface area contributed by atoms with Gasteiger partial charge >= 0.3 is 5.97 Å². The van der Waals surface area contributed by atoms with E-state index in [1.54, 1.807) is 12.1 Å². The summed E-state index contributed by atoms with van der Waals surface area (Å²) in [7, 11) is -2.38. The van der Waals surface area contributed by atoms with Crippen LogP contribution in [-0.2, 0) is 19.6 Å². The van der Waals surface area contributed by atoms with E-state index in [9.17, 15) is 18.0 Å². The highest BCUT2D eigenvalue weighted by atomic mass is 32.2. The number of rotatable bonds is 10. The van der Waals surface area contributed by atoms with E-state index in [2.05, 4.69) is 14.8 Å². The van der Waals surface area contributed by atoms with Crippen LogP contribution in [-0.4, -0.2) is 33.9 Å². The molecule has 2 aromatic rings. The lowest BCUT2D eigenvalue weighted by Gasteiger charge is -2.11. The smallest absolute Gasteiger partial charge is 0.305 e. The third-order valence-corrected chi connectivity index (χ3v) is 5.77. The number of para-hydroxylation sites is 1. The van der Waals surface area contributed by atoms with E-state index in [0.717, 1.165) is 18.4 Å². The van der Waals surface area contributed by atoms with Gasteiger partial charge in [-0.25, -0.2) is 8.42 Å². The van der Waals surface area contributed by atoms with Crippen molar-refractivity contribution in [3.8, 4) is 0 Å². The number of ether oxygens (including phenoxy) is 1.